The van der Waals surface area contributed by atoms with E-state index >= 15 is 0 Å². The number of rotatable bonds is 9. The van der Waals surface area contributed by atoms with Gasteiger partial charge < -0.3 is 20.7 Å². The molecule has 0 fully saturated rings. The van der Waals surface area contributed by atoms with Crippen LogP contribution in [0.3, 0.4) is 0 Å². The van der Waals surface area contributed by atoms with Crippen LogP contribution in [-0.4, -0.2) is 50.1 Å². The number of nitrogens with one attached hydrogen (secondary N) is 3. The maximum absolute atomic E-state index is 11.9. The van der Waals surface area contributed by atoms with Gasteiger partial charge in [0.25, 0.3) is 5.91 Å². The standard InChI is InChI=1S/C14H22N4O3/c1-3-5-15-12-9-11(4-6-16-12)14(20)18-10-13(19)17-7-8-21-2/h4,6,9H,3,5,7-8,10H2,1-2H3,(H,15,16)(H,17,19)(H,18,20). The van der Waals surface area contributed by atoms with Crippen molar-refractivity contribution in [3.8, 4) is 0 Å². The summed E-state index contributed by atoms with van der Waals surface area (Å²) in [6, 6.07) is 3.27. The Hall–Kier alpha value is -2.15. The Bertz CT molecular complexity index is 465. The van der Waals surface area contributed by atoms with Crippen molar-refractivity contribution in [2.45, 2.75) is 13.3 Å². The predicted octanol–water partition coefficient (Wildman–Crippen LogP) is 0.396. The first-order valence-corrected chi connectivity index (χ1v) is 6.91. The molecular formula is C14H22N4O3. The molecule has 0 aliphatic heterocycles. The maximum Gasteiger partial charge on any atom is 0.251 e. The quantitative estimate of drug-likeness (QED) is 0.573. The molecule has 1 heterocycles. The molecule has 0 bridgehead atoms. The Labute approximate surface area is 124 Å². The Morgan fingerprint density at radius 1 is 1.29 bits per heavy atom. The van der Waals surface area contributed by atoms with Gasteiger partial charge in [-0.05, 0) is 18.6 Å². The monoisotopic (exact) mass is 294 g/mol. The van der Waals surface area contributed by atoms with E-state index in [0.29, 0.717) is 24.5 Å². The number of hydrogen-bond donors (Lipinski definition) is 3. The average molecular weight is 294 g/mol. The molecule has 116 valence electrons. The van der Waals surface area contributed by atoms with Crippen molar-refractivity contribution in [3.05, 3.63) is 23.9 Å². The minimum atomic E-state index is -0.307. The van der Waals surface area contributed by atoms with Crippen LogP contribution < -0.4 is 16.0 Å². The predicted molar refractivity (Wildman–Crippen MR) is 80.2 cm³/mol. The van der Waals surface area contributed by atoms with E-state index in [0.717, 1.165) is 13.0 Å². The molecule has 0 aliphatic rings. The number of pyridine rings is 1. The summed E-state index contributed by atoms with van der Waals surface area (Å²) in [5.74, 6) is 0.0895. The molecule has 0 spiro atoms. The Morgan fingerprint density at radius 2 is 2.10 bits per heavy atom. The summed E-state index contributed by atoms with van der Waals surface area (Å²) < 4.78 is 4.82. The van der Waals surface area contributed by atoms with Gasteiger partial charge >= 0.3 is 0 Å². The van der Waals surface area contributed by atoms with Gasteiger partial charge in [0, 0.05) is 32.0 Å². The smallest absolute Gasteiger partial charge is 0.251 e. The molecule has 1 rings (SSSR count). The molecule has 0 aliphatic carbocycles. The van der Waals surface area contributed by atoms with E-state index in [9.17, 15) is 9.59 Å². The Balaban J connectivity index is 2.42. The van der Waals surface area contributed by atoms with Gasteiger partial charge in [0.2, 0.25) is 5.91 Å². The number of nitrogens with zero attached hydrogens (tertiary/aromatic N) is 1. The van der Waals surface area contributed by atoms with Gasteiger partial charge in [-0.25, -0.2) is 4.98 Å². The SMILES string of the molecule is CCCNc1cc(C(=O)NCC(=O)NCCOC)ccn1. The van der Waals surface area contributed by atoms with Gasteiger partial charge in [-0.3, -0.25) is 9.59 Å². The van der Waals surface area contributed by atoms with Gasteiger partial charge in [0.05, 0.1) is 13.2 Å². The fraction of sp³-hybridized carbons (Fsp3) is 0.500. The van der Waals surface area contributed by atoms with Crippen molar-refractivity contribution < 1.29 is 14.3 Å². The molecule has 0 radical (unpaired) electrons. The molecule has 2 amide bonds. The average Bonchev–Trinajstić information content (AvgIpc) is 2.51. The third-order valence-corrected chi connectivity index (χ3v) is 2.62. The first-order chi connectivity index (χ1) is 10.2. The number of hydrogen-bond acceptors (Lipinski definition) is 5. The normalized spacial score (nSPS) is 10.0. The van der Waals surface area contributed by atoms with Crippen LogP contribution >= 0.6 is 0 Å². The largest absolute Gasteiger partial charge is 0.383 e. The van der Waals surface area contributed by atoms with E-state index in [-0.39, 0.29) is 18.4 Å². The van der Waals surface area contributed by atoms with Crippen LogP contribution in [-0.2, 0) is 9.53 Å². The number of ether oxygens (including phenoxy) is 1. The maximum atomic E-state index is 11.9. The number of amides is 2. The summed E-state index contributed by atoms with van der Waals surface area (Å²) in [6.07, 6.45) is 2.53. The highest BCUT2D eigenvalue weighted by molar-refractivity contribution is 5.96. The second-order valence-corrected chi connectivity index (χ2v) is 4.38. The molecule has 1 aromatic rings. The Kier molecular flexibility index (Phi) is 7.81. The highest BCUT2D eigenvalue weighted by Gasteiger charge is 2.08. The van der Waals surface area contributed by atoms with Crippen molar-refractivity contribution in [3.63, 3.8) is 0 Å². The van der Waals surface area contributed by atoms with Gasteiger partial charge in [0.15, 0.2) is 0 Å². The summed E-state index contributed by atoms with van der Waals surface area (Å²) in [5, 5.41) is 8.29. The number of methoxy groups -OCH3 is 1. The first kappa shape index (κ1) is 16.9. The van der Waals surface area contributed by atoms with Crippen LogP contribution in [0.1, 0.15) is 23.7 Å². The lowest BCUT2D eigenvalue weighted by atomic mass is 10.2. The minimum absolute atomic E-state index is 0.0669. The molecule has 3 N–H and O–H groups in total. The van der Waals surface area contributed by atoms with Crippen LogP contribution in [0, 0.1) is 0 Å². The van der Waals surface area contributed by atoms with Gasteiger partial charge in [-0.15, -0.1) is 0 Å². The lowest BCUT2D eigenvalue weighted by molar-refractivity contribution is -0.120. The third-order valence-electron chi connectivity index (χ3n) is 2.62. The highest BCUT2D eigenvalue weighted by atomic mass is 16.5. The zero-order valence-electron chi connectivity index (χ0n) is 12.4. The summed E-state index contributed by atoms with van der Waals surface area (Å²) in [4.78, 5) is 27.5. The molecule has 21 heavy (non-hydrogen) atoms. The molecular weight excluding hydrogens is 272 g/mol. The second-order valence-electron chi connectivity index (χ2n) is 4.38. The van der Waals surface area contributed by atoms with Crippen LogP contribution in [0.15, 0.2) is 18.3 Å². The zero-order valence-corrected chi connectivity index (χ0v) is 12.4. The summed E-state index contributed by atoms with van der Waals surface area (Å²) in [5.41, 5.74) is 0.466. The molecule has 0 saturated carbocycles. The Morgan fingerprint density at radius 3 is 2.81 bits per heavy atom. The van der Waals surface area contributed by atoms with Crippen molar-refractivity contribution >= 4 is 17.6 Å². The molecule has 7 nitrogen and oxygen atoms in total. The third kappa shape index (κ3) is 6.71. The van der Waals surface area contributed by atoms with Crippen LogP contribution in [0.5, 0.6) is 0 Å². The van der Waals surface area contributed by atoms with E-state index in [1.165, 1.54) is 0 Å². The van der Waals surface area contributed by atoms with E-state index in [2.05, 4.69) is 20.9 Å². The van der Waals surface area contributed by atoms with Crippen molar-refractivity contribution in [2.75, 3.05) is 38.7 Å². The van der Waals surface area contributed by atoms with Gasteiger partial charge in [-0.1, -0.05) is 6.92 Å². The summed E-state index contributed by atoms with van der Waals surface area (Å²) in [7, 11) is 1.56. The molecule has 7 heteroatoms. The van der Waals surface area contributed by atoms with Gasteiger partial charge in [-0.2, -0.15) is 0 Å². The lowest BCUT2D eigenvalue weighted by Gasteiger charge is -2.08. The van der Waals surface area contributed by atoms with Crippen LogP contribution in [0.4, 0.5) is 5.82 Å². The molecule has 0 saturated heterocycles. The lowest BCUT2D eigenvalue weighted by Crippen LogP contribution is -2.38. The van der Waals surface area contributed by atoms with E-state index in [4.69, 9.17) is 4.74 Å². The summed E-state index contributed by atoms with van der Waals surface area (Å²) >= 11 is 0. The first-order valence-electron chi connectivity index (χ1n) is 6.91. The summed E-state index contributed by atoms with van der Waals surface area (Å²) in [6.45, 7) is 3.64. The highest BCUT2D eigenvalue weighted by Crippen LogP contribution is 2.06. The van der Waals surface area contributed by atoms with E-state index in [1.54, 1.807) is 25.4 Å². The van der Waals surface area contributed by atoms with Crippen LogP contribution in [0.2, 0.25) is 0 Å². The molecule has 0 aromatic carbocycles. The number of carbonyl (C=O) groups is 2. The fourth-order valence-corrected chi connectivity index (χ4v) is 1.54. The van der Waals surface area contributed by atoms with E-state index < -0.39 is 0 Å². The molecule has 0 atom stereocenters. The second kappa shape index (κ2) is 9.71. The van der Waals surface area contributed by atoms with Gasteiger partial charge in [0.1, 0.15) is 5.82 Å². The van der Waals surface area contributed by atoms with Crippen molar-refractivity contribution in [1.29, 1.82) is 0 Å². The number of aromatic nitrogens is 1. The number of carbonyl (C=O) groups excluding carboxylic acids is 2. The minimum Gasteiger partial charge on any atom is -0.383 e. The van der Waals surface area contributed by atoms with Crippen molar-refractivity contribution in [1.82, 2.24) is 15.6 Å². The zero-order chi connectivity index (χ0) is 15.5. The fourth-order valence-electron chi connectivity index (χ4n) is 1.54. The molecule has 0 unspecified atom stereocenters. The van der Waals surface area contributed by atoms with Crippen molar-refractivity contribution in [2.24, 2.45) is 0 Å². The van der Waals surface area contributed by atoms with Crippen LogP contribution in [0.25, 0.3) is 0 Å². The molecule has 1 aromatic heterocycles. The van der Waals surface area contributed by atoms with E-state index in [1.807, 2.05) is 6.92 Å². The number of anilines is 1. The topological polar surface area (TPSA) is 92.4 Å².